The number of nitrogens with zero attached hydrogens (tertiary/aromatic N) is 2. The summed E-state index contributed by atoms with van der Waals surface area (Å²) in [5.41, 5.74) is 4.04. The van der Waals surface area contributed by atoms with Gasteiger partial charge in [-0.2, -0.15) is 0 Å². The second-order valence-corrected chi connectivity index (χ2v) is 9.46. The number of aliphatic hydroxyl groups is 1. The fraction of sp³-hybridized carbons (Fsp3) is 0.400. The Morgan fingerprint density at radius 1 is 1.21 bits per heavy atom. The van der Waals surface area contributed by atoms with Gasteiger partial charge in [0, 0.05) is 66.4 Å². The highest BCUT2D eigenvalue weighted by Crippen LogP contribution is 2.49. The molecule has 33 heavy (non-hydrogen) atoms. The third-order valence-corrected chi connectivity index (χ3v) is 7.14. The molecule has 0 aliphatic carbocycles. The molecule has 0 unspecified atom stereocenters. The van der Waals surface area contributed by atoms with Gasteiger partial charge in [0.15, 0.2) is 0 Å². The number of methoxy groups -OCH3 is 2. The molecule has 1 amide bonds. The number of aromatic amines is 1. The van der Waals surface area contributed by atoms with Gasteiger partial charge in [0.25, 0.3) is 0 Å². The Labute approximate surface area is 197 Å². The summed E-state index contributed by atoms with van der Waals surface area (Å²) >= 11 is 6.23. The van der Waals surface area contributed by atoms with Crippen LogP contribution in [0, 0.1) is 0 Å². The lowest BCUT2D eigenvalue weighted by atomic mass is 9.68. The van der Waals surface area contributed by atoms with Crippen LogP contribution in [-0.4, -0.2) is 72.9 Å². The minimum absolute atomic E-state index is 0.00291. The van der Waals surface area contributed by atoms with Crippen LogP contribution in [0.2, 0.25) is 5.02 Å². The minimum Gasteiger partial charge on any atom is -0.497 e. The van der Waals surface area contributed by atoms with Gasteiger partial charge in [0.05, 0.1) is 19.8 Å². The Balaban J connectivity index is 1.57. The summed E-state index contributed by atoms with van der Waals surface area (Å²) in [5, 5.41) is 12.3. The maximum atomic E-state index is 12.5. The molecule has 8 heteroatoms. The van der Waals surface area contributed by atoms with Gasteiger partial charge in [-0.1, -0.05) is 23.7 Å². The van der Waals surface area contributed by atoms with Gasteiger partial charge < -0.3 is 24.5 Å². The van der Waals surface area contributed by atoms with Crippen molar-refractivity contribution in [2.24, 2.45) is 0 Å². The van der Waals surface area contributed by atoms with E-state index in [2.05, 4.69) is 16.0 Å². The van der Waals surface area contributed by atoms with Crippen LogP contribution in [0.1, 0.15) is 22.9 Å². The number of hydrogen-bond donors (Lipinski definition) is 2. The number of hydrogen-bond acceptors (Lipinski definition) is 5. The molecule has 2 aliphatic rings. The third-order valence-electron chi connectivity index (χ3n) is 6.90. The molecule has 3 aromatic rings. The van der Waals surface area contributed by atoms with Crippen LogP contribution in [0.4, 0.5) is 0 Å². The number of likely N-dealkylation sites (tertiary alicyclic amines) is 1. The molecule has 2 N–H and O–H groups in total. The van der Waals surface area contributed by atoms with Crippen molar-refractivity contribution in [2.75, 3.05) is 47.1 Å². The molecule has 2 aromatic carbocycles. The van der Waals surface area contributed by atoms with Gasteiger partial charge >= 0.3 is 0 Å². The van der Waals surface area contributed by atoms with Crippen LogP contribution in [0.15, 0.2) is 42.5 Å². The number of amides is 1. The lowest BCUT2D eigenvalue weighted by Crippen LogP contribution is -2.67. The fourth-order valence-corrected chi connectivity index (χ4v) is 5.70. The number of rotatable bonds is 6. The van der Waals surface area contributed by atoms with Crippen molar-refractivity contribution >= 4 is 28.4 Å². The number of aromatic nitrogens is 1. The average molecular weight is 470 g/mol. The number of halogens is 1. The normalized spacial score (nSPS) is 19.5. The highest BCUT2D eigenvalue weighted by atomic mass is 35.5. The molecule has 3 heterocycles. The zero-order valence-electron chi connectivity index (χ0n) is 18.8. The predicted molar refractivity (Wildman–Crippen MR) is 127 cm³/mol. The molecular formula is C25H28ClN3O4. The number of H-pyrrole nitrogens is 1. The van der Waals surface area contributed by atoms with Gasteiger partial charge in [-0.05, 0) is 35.4 Å². The lowest BCUT2D eigenvalue weighted by Gasteiger charge is -2.56. The Bertz CT molecular complexity index is 1190. The zero-order valence-corrected chi connectivity index (χ0v) is 19.6. The van der Waals surface area contributed by atoms with E-state index < -0.39 is 0 Å². The molecule has 0 radical (unpaired) electrons. The van der Waals surface area contributed by atoms with Gasteiger partial charge in [0.2, 0.25) is 5.91 Å². The average Bonchev–Trinajstić information content (AvgIpc) is 3.16. The fourth-order valence-electron chi connectivity index (χ4n) is 5.48. The van der Waals surface area contributed by atoms with Crippen molar-refractivity contribution in [3.05, 3.63) is 64.3 Å². The van der Waals surface area contributed by atoms with Crippen LogP contribution in [-0.2, 0) is 21.5 Å². The number of aliphatic hydroxyl groups excluding tert-OH is 1. The van der Waals surface area contributed by atoms with E-state index in [1.165, 1.54) is 12.7 Å². The zero-order chi connectivity index (χ0) is 23.2. The maximum absolute atomic E-state index is 12.5. The van der Waals surface area contributed by atoms with Gasteiger partial charge in [-0.25, -0.2) is 0 Å². The van der Waals surface area contributed by atoms with Crippen molar-refractivity contribution < 1.29 is 19.4 Å². The molecule has 174 valence electrons. The first-order chi connectivity index (χ1) is 16.0. The first kappa shape index (κ1) is 22.2. The van der Waals surface area contributed by atoms with Crippen molar-refractivity contribution in [2.45, 2.75) is 18.0 Å². The summed E-state index contributed by atoms with van der Waals surface area (Å²) < 4.78 is 10.5. The summed E-state index contributed by atoms with van der Waals surface area (Å²) in [6.07, 6.45) is 0. The van der Waals surface area contributed by atoms with E-state index in [9.17, 15) is 9.90 Å². The molecule has 2 aliphatic heterocycles. The predicted octanol–water partition coefficient (Wildman–Crippen LogP) is 3.11. The summed E-state index contributed by atoms with van der Waals surface area (Å²) in [7, 11) is 3.19. The standard InChI is InChI=1S/C25H28ClN3O4/c1-32-12-22(31)29-14-25(15-29)13-28(10-16-4-3-5-17(26)8-16)21(11-30)24-23(25)19-7-6-18(33-2)9-20(19)27-24/h3-9,21,27,30H,10-15H2,1-2H3/t21-/m0/s1. The second-order valence-electron chi connectivity index (χ2n) is 9.02. The van der Waals surface area contributed by atoms with Crippen molar-refractivity contribution in [1.29, 1.82) is 0 Å². The minimum atomic E-state index is -0.226. The largest absolute Gasteiger partial charge is 0.497 e. The molecule has 0 saturated carbocycles. The number of ether oxygens (including phenoxy) is 2. The number of carbonyl (C=O) groups is 1. The van der Waals surface area contributed by atoms with Crippen molar-refractivity contribution in [3.8, 4) is 5.75 Å². The molecule has 1 saturated heterocycles. The molecule has 1 spiro atoms. The van der Waals surface area contributed by atoms with E-state index in [-0.39, 0.29) is 30.6 Å². The molecule has 0 bridgehead atoms. The number of benzene rings is 2. The van der Waals surface area contributed by atoms with Crippen LogP contribution >= 0.6 is 11.6 Å². The van der Waals surface area contributed by atoms with E-state index >= 15 is 0 Å². The monoisotopic (exact) mass is 469 g/mol. The molecule has 1 aromatic heterocycles. The van der Waals surface area contributed by atoms with Crippen molar-refractivity contribution in [3.63, 3.8) is 0 Å². The molecule has 1 atom stereocenters. The quantitative estimate of drug-likeness (QED) is 0.580. The number of fused-ring (bicyclic) bond motifs is 4. The Morgan fingerprint density at radius 3 is 2.73 bits per heavy atom. The number of nitrogens with one attached hydrogen (secondary N) is 1. The van der Waals surface area contributed by atoms with Crippen LogP contribution in [0.5, 0.6) is 5.75 Å². The van der Waals surface area contributed by atoms with E-state index in [1.54, 1.807) is 7.11 Å². The molecule has 5 rings (SSSR count). The first-order valence-corrected chi connectivity index (χ1v) is 11.4. The highest BCUT2D eigenvalue weighted by Gasteiger charge is 2.53. The Morgan fingerprint density at radius 2 is 2.03 bits per heavy atom. The van der Waals surface area contributed by atoms with E-state index in [1.807, 2.05) is 41.3 Å². The van der Waals surface area contributed by atoms with Crippen LogP contribution in [0.25, 0.3) is 10.9 Å². The van der Waals surface area contributed by atoms with E-state index in [4.69, 9.17) is 21.1 Å². The summed E-state index contributed by atoms with van der Waals surface area (Å²) in [5.74, 6) is 0.772. The molecular weight excluding hydrogens is 442 g/mol. The second kappa shape index (κ2) is 8.65. The van der Waals surface area contributed by atoms with Gasteiger partial charge in [-0.3, -0.25) is 9.69 Å². The summed E-state index contributed by atoms with van der Waals surface area (Å²) in [6.45, 7) is 2.68. The summed E-state index contributed by atoms with van der Waals surface area (Å²) in [6, 6.07) is 13.7. The SMILES string of the molecule is COCC(=O)N1CC2(C1)CN(Cc1cccc(Cl)c1)[C@@H](CO)c1[nH]c3cc(OC)ccc3c12. The summed E-state index contributed by atoms with van der Waals surface area (Å²) in [4.78, 5) is 20.2. The van der Waals surface area contributed by atoms with Gasteiger partial charge in [-0.15, -0.1) is 0 Å². The Kier molecular flexibility index (Phi) is 5.82. The van der Waals surface area contributed by atoms with E-state index in [0.717, 1.165) is 34.5 Å². The van der Waals surface area contributed by atoms with Crippen molar-refractivity contribution in [1.82, 2.24) is 14.8 Å². The highest BCUT2D eigenvalue weighted by molar-refractivity contribution is 6.30. The molecule has 7 nitrogen and oxygen atoms in total. The Hall–Kier alpha value is -2.58. The van der Waals surface area contributed by atoms with E-state index in [0.29, 0.717) is 24.7 Å². The first-order valence-electron chi connectivity index (χ1n) is 11.0. The topological polar surface area (TPSA) is 78.0 Å². The van der Waals surface area contributed by atoms with Crippen LogP contribution < -0.4 is 4.74 Å². The van der Waals surface area contributed by atoms with Gasteiger partial charge in [0.1, 0.15) is 12.4 Å². The smallest absolute Gasteiger partial charge is 0.248 e. The lowest BCUT2D eigenvalue weighted by molar-refractivity contribution is -0.144. The maximum Gasteiger partial charge on any atom is 0.248 e. The third kappa shape index (κ3) is 3.79. The molecule has 1 fully saturated rings. The van der Waals surface area contributed by atoms with Crippen LogP contribution in [0.3, 0.4) is 0 Å². The number of carbonyl (C=O) groups excluding carboxylic acids is 1.